The monoisotopic (exact) mass is 268 g/mol. The molecular weight excluding hydrogens is 259 g/mol. The number of nitrogens with two attached hydrogens (primary N) is 2. The molecule has 0 saturated carbocycles. The van der Waals surface area contributed by atoms with Gasteiger partial charge in [-0.15, -0.1) is 0 Å². The van der Waals surface area contributed by atoms with Crippen LogP contribution >= 0.6 is 23.2 Å². The Morgan fingerprint density at radius 1 is 0.765 bits per heavy atom. The van der Waals surface area contributed by atoms with Crippen LogP contribution in [-0.2, 0) is 0 Å². The summed E-state index contributed by atoms with van der Waals surface area (Å²) in [6.45, 7) is 0. The maximum absolute atomic E-state index is 5.81. The van der Waals surface area contributed by atoms with Crippen molar-refractivity contribution < 1.29 is 4.74 Å². The van der Waals surface area contributed by atoms with Crippen molar-refractivity contribution in [3.05, 3.63) is 46.4 Å². The summed E-state index contributed by atoms with van der Waals surface area (Å²) in [7, 11) is 0. The molecule has 0 unspecified atom stereocenters. The van der Waals surface area contributed by atoms with Crippen LogP contribution in [0.1, 0.15) is 0 Å². The second-order valence-electron chi connectivity index (χ2n) is 3.47. The van der Waals surface area contributed by atoms with E-state index in [0.29, 0.717) is 32.9 Å². The van der Waals surface area contributed by atoms with Gasteiger partial charge in [-0.3, -0.25) is 0 Å². The minimum absolute atomic E-state index is 0.464. The lowest BCUT2D eigenvalue weighted by Crippen LogP contribution is -1.91. The van der Waals surface area contributed by atoms with E-state index in [0.717, 1.165) is 0 Å². The first-order valence-electron chi connectivity index (χ1n) is 4.84. The molecule has 2 rings (SSSR count). The van der Waals surface area contributed by atoms with Crippen LogP contribution in [0.25, 0.3) is 0 Å². The Hall–Kier alpha value is -1.58. The molecule has 0 aliphatic rings. The first kappa shape index (κ1) is 11.9. The van der Waals surface area contributed by atoms with E-state index in [9.17, 15) is 0 Å². The zero-order valence-electron chi connectivity index (χ0n) is 8.78. The van der Waals surface area contributed by atoms with E-state index >= 15 is 0 Å². The lowest BCUT2D eigenvalue weighted by atomic mass is 10.3. The molecule has 0 aliphatic heterocycles. The molecule has 0 aliphatic carbocycles. The van der Waals surface area contributed by atoms with E-state index < -0.39 is 0 Å². The van der Waals surface area contributed by atoms with Crippen LogP contribution in [0, 0.1) is 0 Å². The third-order valence-electron chi connectivity index (χ3n) is 2.17. The largest absolute Gasteiger partial charge is 0.457 e. The van der Waals surface area contributed by atoms with Gasteiger partial charge in [-0.25, -0.2) is 0 Å². The lowest BCUT2D eigenvalue weighted by molar-refractivity contribution is 0.483. The van der Waals surface area contributed by atoms with Crippen LogP contribution in [0.15, 0.2) is 36.4 Å². The lowest BCUT2D eigenvalue weighted by Gasteiger charge is -2.08. The SMILES string of the molecule is Nc1cc(Oc2ccc(Cl)c(N)c2)ccc1Cl. The number of ether oxygens (including phenoxy) is 1. The fourth-order valence-electron chi connectivity index (χ4n) is 1.31. The van der Waals surface area contributed by atoms with Gasteiger partial charge in [0.25, 0.3) is 0 Å². The third-order valence-corrected chi connectivity index (χ3v) is 2.86. The molecular formula is C12H10Cl2N2O. The third kappa shape index (κ3) is 2.75. The average Bonchev–Trinajstić information content (AvgIpc) is 2.29. The smallest absolute Gasteiger partial charge is 0.129 e. The standard InChI is InChI=1S/C12H10Cl2N2O/c13-9-3-1-7(5-11(9)15)17-8-2-4-10(14)12(16)6-8/h1-6H,15-16H2. The highest BCUT2D eigenvalue weighted by molar-refractivity contribution is 6.33. The number of rotatable bonds is 2. The van der Waals surface area contributed by atoms with Crippen LogP contribution in [-0.4, -0.2) is 0 Å². The highest BCUT2D eigenvalue weighted by Crippen LogP contribution is 2.30. The number of halogens is 2. The van der Waals surface area contributed by atoms with Gasteiger partial charge in [0, 0.05) is 12.1 Å². The van der Waals surface area contributed by atoms with E-state index in [-0.39, 0.29) is 0 Å². The molecule has 0 amide bonds. The van der Waals surface area contributed by atoms with Crippen molar-refractivity contribution in [1.82, 2.24) is 0 Å². The van der Waals surface area contributed by atoms with Crippen LogP contribution in [0.2, 0.25) is 10.0 Å². The Labute approximate surface area is 109 Å². The molecule has 4 N–H and O–H groups in total. The molecule has 0 aromatic heterocycles. The van der Waals surface area contributed by atoms with E-state index in [1.165, 1.54) is 0 Å². The van der Waals surface area contributed by atoms with Crippen molar-refractivity contribution in [2.75, 3.05) is 11.5 Å². The Balaban J connectivity index is 2.25. The number of hydrogen-bond acceptors (Lipinski definition) is 3. The topological polar surface area (TPSA) is 61.3 Å². The summed E-state index contributed by atoms with van der Waals surface area (Å²) in [6, 6.07) is 10.1. The predicted molar refractivity (Wildman–Crippen MR) is 71.8 cm³/mol. The average molecular weight is 269 g/mol. The Kier molecular flexibility index (Phi) is 3.31. The van der Waals surface area contributed by atoms with Crippen LogP contribution in [0.3, 0.4) is 0 Å². The highest BCUT2D eigenvalue weighted by atomic mass is 35.5. The Morgan fingerprint density at radius 3 is 1.53 bits per heavy atom. The molecule has 88 valence electrons. The molecule has 2 aromatic rings. The summed E-state index contributed by atoms with van der Waals surface area (Å²) in [5.41, 5.74) is 12.3. The van der Waals surface area contributed by atoms with Gasteiger partial charge >= 0.3 is 0 Å². The van der Waals surface area contributed by atoms with Crippen molar-refractivity contribution in [3.8, 4) is 11.5 Å². The maximum atomic E-state index is 5.81. The molecule has 2 aromatic carbocycles. The first-order chi connectivity index (χ1) is 8.06. The zero-order valence-corrected chi connectivity index (χ0v) is 10.3. The zero-order chi connectivity index (χ0) is 12.4. The second-order valence-corrected chi connectivity index (χ2v) is 4.28. The molecule has 0 heterocycles. The van der Waals surface area contributed by atoms with Crippen LogP contribution in [0.5, 0.6) is 11.5 Å². The summed E-state index contributed by atoms with van der Waals surface area (Å²) in [5.74, 6) is 1.18. The van der Waals surface area contributed by atoms with E-state index in [4.69, 9.17) is 39.4 Å². The number of anilines is 2. The quantitative estimate of drug-likeness (QED) is 0.811. The van der Waals surface area contributed by atoms with Crippen molar-refractivity contribution in [3.63, 3.8) is 0 Å². The van der Waals surface area contributed by atoms with Gasteiger partial charge in [-0.05, 0) is 24.3 Å². The van der Waals surface area contributed by atoms with Gasteiger partial charge in [0.05, 0.1) is 21.4 Å². The minimum Gasteiger partial charge on any atom is -0.457 e. The molecule has 3 nitrogen and oxygen atoms in total. The molecule has 0 atom stereocenters. The normalized spacial score (nSPS) is 10.2. The second kappa shape index (κ2) is 4.73. The summed E-state index contributed by atoms with van der Waals surface area (Å²) < 4.78 is 5.57. The van der Waals surface area contributed by atoms with Gasteiger partial charge < -0.3 is 16.2 Å². The Morgan fingerprint density at radius 2 is 1.18 bits per heavy atom. The van der Waals surface area contributed by atoms with E-state index in [1.54, 1.807) is 36.4 Å². The Bertz CT molecular complexity index is 509. The molecule has 0 spiro atoms. The van der Waals surface area contributed by atoms with Gasteiger partial charge in [0.2, 0.25) is 0 Å². The van der Waals surface area contributed by atoms with Gasteiger partial charge in [0.15, 0.2) is 0 Å². The van der Waals surface area contributed by atoms with Crippen molar-refractivity contribution in [1.29, 1.82) is 0 Å². The summed E-state index contributed by atoms with van der Waals surface area (Å²) >= 11 is 11.6. The summed E-state index contributed by atoms with van der Waals surface area (Å²) in [6.07, 6.45) is 0. The van der Waals surface area contributed by atoms with Gasteiger partial charge in [-0.1, -0.05) is 23.2 Å². The van der Waals surface area contributed by atoms with Crippen molar-refractivity contribution in [2.24, 2.45) is 0 Å². The number of nitrogen functional groups attached to an aromatic ring is 2. The summed E-state index contributed by atoms with van der Waals surface area (Å²) in [4.78, 5) is 0. The maximum Gasteiger partial charge on any atom is 0.129 e. The predicted octanol–water partition coefficient (Wildman–Crippen LogP) is 3.95. The fourth-order valence-corrected chi connectivity index (χ4v) is 1.54. The number of hydrogen-bond donors (Lipinski definition) is 2. The summed E-state index contributed by atoms with van der Waals surface area (Å²) in [5, 5.41) is 0.987. The van der Waals surface area contributed by atoms with Gasteiger partial charge in [0.1, 0.15) is 11.5 Å². The van der Waals surface area contributed by atoms with Crippen molar-refractivity contribution >= 4 is 34.6 Å². The minimum atomic E-state index is 0.464. The molecule has 5 heteroatoms. The fraction of sp³-hybridized carbons (Fsp3) is 0. The van der Waals surface area contributed by atoms with Gasteiger partial charge in [-0.2, -0.15) is 0 Å². The molecule has 0 bridgehead atoms. The first-order valence-corrected chi connectivity index (χ1v) is 5.60. The molecule has 0 fully saturated rings. The van der Waals surface area contributed by atoms with E-state index in [2.05, 4.69) is 0 Å². The van der Waals surface area contributed by atoms with Crippen LogP contribution in [0.4, 0.5) is 11.4 Å². The van der Waals surface area contributed by atoms with Crippen LogP contribution < -0.4 is 16.2 Å². The number of benzene rings is 2. The van der Waals surface area contributed by atoms with E-state index in [1.807, 2.05) is 0 Å². The highest BCUT2D eigenvalue weighted by Gasteiger charge is 2.03. The molecule has 0 saturated heterocycles. The van der Waals surface area contributed by atoms with Crippen molar-refractivity contribution in [2.45, 2.75) is 0 Å². The molecule has 17 heavy (non-hydrogen) atoms. The molecule has 0 radical (unpaired) electrons.